The molecule has 1 atom stereocenters. The average molecular weight is 262 g/mol. The Hall–Kier alpha value is -1.22. The summed E-state index contributed by atoms with van der Waals surface area (Å²) in [6.45, 7) is 5.81. The van der Waals surface area contributed by atoms with Gasteiger partial charge in [0.05, 0.1) is 18.8 Å². The molecule has 0 spiro atoms. The Morgan fingerprint density at radius 3 is 2.47 bits per heavy atom. The van der Waals surface area contributed by atoms with Crippen LogP contribution in [0.25, 0.3) is 0 Å². The van der Waals surface area contributed by atoms with Crippen molar-refractivity contribution >= 4 is 0 Å². The Morgan fingerprint density at radius 2 is 1.79 bits per heavy atom. The van der Waals surface area contributed by atoms with E-state index in [2.05, 4.69) is 13.8 Å². The highest BCUT2D eigenvalue weighted by Crippen LogP contribution is 2.50. The van der Waals surface area contributed by atoms with Crippen molar-refractivity contribution < 1.29 is 14.6 Å². The summed E-state index contributed by atoms with van der Waals surface area (Å²) in [6.07, 6.45) is 3.58. The van der Waals surface area contributed by atoms with Gasteiger partial charge in [-0.25, -0.2) is 0 Å². The largest absolute Gasteiger partial charge is 0.490 e. The topological polar surface area (TPSA) is 38.7 Å². The minimum atomic E-state index is -0.714. The molecule has 1 saturated carbocycles. The van der Waals surface area contributed by atoms with Gasteiger partial charge >= 0.3 is 0 Å². The summed E-state index contributed by atoms with van der Waals surface area (Å²) >= 11 is 0. The molecule has 0 bridgehead atoms. The monoisotopic (exact) mass is 262 g/mol. The van der Waals surface area contributed by atoms with Crippen molar-refractivity contribution in [1.29, 1.82) is 0 Å². The molecule has 3 nitrogen and oxygen atoms in total. The number of rotatable bonds is 1. The highest BCUT2D eigenvalue weighted by Gasteiger charge is 2.43. The lowest BCUT2D eigenvalue weighted by Crippen LogP contribution is -2.23. The summed E-state index contributed by atoms with van der Waals surface area (Å²) in [7, 11) is 0. The van der Waals surface area contributed by atoms with Gasteiger partial charge in [0, 0.05) is 6.42 Å². The molecule has 1 aliphatic heterocycles. The molecule has 1 fully saturated rings. The van der Waals surface area contributed by atoms with Gasteiger partial charge in [-0.05, 0) is 42.4 Å². The molecule has 1 unspecified atom stereocenters. The first-order valence-corrected chi connectivity index (χ1v) is 7.11. The van der Waals surface area contributed by atoms with Gasteiger partial charge in [-0.1, -0.05) is 19.9 Å². The van der Waals surface area contributed by atoms with Crippen LogP contribution in [-0.2, 0) is 5.60 Å². The van der Waals surface area contributed by atoms with Crippen molar-refractivity contribution in [3.05, 3.63) is 23.8 Å². The van der Waals surface area contributed by atoms with E-state index in [1.54, 1.807) is 0 Å². The summed E-state index contributed by atoms with van der Waals surface area (Å²) in [6, 6.07) is 5.87. The van der Waals surface area contributed by atoms with E-state index in [-0.39, 0.29) is 5.41 Å². The lowest BCUT2D eigenvalue weighted by atomic mass is 9.86. The fraction of sp³-hybridized carbons (Fsp3) is 0.625. The standard InChI is InChI=1S/C16H22O3/c1-15(2)6-7-16(17,11-15)12-4-5-13-14(10-12)19-9-3-8-18-13/h4-5,10,17H,3,6-9,11H2,1-2H3. The highest BCUT2D eigenvalue weighted by atomic mass is 16.5. The molecule has 1 aromatic rings. The molecule has 19 heavy (non-hydrogen) atoms. The Kier molecular flexibility index (Phi) is 2.97. The molecule has 1 aliphatic carbocycles. The zero-order chi connectivity index (χ0) is 13.5. The Bertz CT molecular complexity index is 481. The number of fused-ring (bicyclic) bond motifs is 1. The van der Waals surface area contributed by atoms with Gasteiger partial charge in [0.1, 0.15) is 0 Å². The molecule has 0 radical (unpaired) electrons. The molecule has 0 saturated heterocycles. The van der Waals surface area contributed by atoms with E-state index in [1.807, 2.05) is 18.2 Å². The maximum atomic E-state index is 10.9. The molecule has 3 heteroatoms. The predicted octanol–water partition coefficient (Wildman–Crippen LogP) is 3.25. The molecular formula is C16H22O3. The van der Waals surface area contributed by atoms with Crippen LogP contribution >= 0.6 is 0 Å². The van der Waals surface area contributed by atoms with Crippen LogP contribution in [0.4, 0.5) is 0 Å². The van der Waals surface area contributed by atoms with Gasteiger partial charge in [0.15, 0.2) is 11.5 Å². The van der Waals surface area contributed by atoms with Gasteiger partial charge in [0.25, 0.3) is 0 Å². The molecule has 0 amide bonds. The Morgan fingerprint density at radius 1 is 1.05 bits per heavy atom. The second-order valence-electron chi connectivity index (χ2n) is 6.58. The van der Waals surface area contributed by atoms with E-state index in [0.29, 0.717) is 13.2 Å². The minimum absolute atomic E-state index is 0.207. The quantitative estimate of drug-likeness (QED) is 0.844. The first kappa shape index (κ1) is 12.8. The lowest BCUT2D eigenvalue weighted by molar-refractivity contribution is 0.0336. The van der Waals surface area contributed by atoms with Crippen LogP contribution in [0.3, 0.4) is 0 Å². The maximum absolute atomic E-state index is 10.9. The molecule has 1 heterocycles. The molecule has 3 rings (SSSR count). The molecule has 1 aromatic carbocycles. The van der Waals surface area contributed by atoms with Crippen LogP contribution in [0.1, 0.15) is 45.1 Å². The van der Waals surface area contributed by atoms with Crippen LogP contribution in [0, 0.1) is 5.41 Å². The molecular weight excluding hydrogens is 240 g/mol. The SMILES string of the molecule is CC1(C)CCC(O)(c2ccc3c(c2)OCCCO3)C1. The van der Waals surface area contributed by atoms with E-state index < -0.39 is 5.60 Å². The third-order valence-electron chi connectivity index (χ3n) is 4.27. The molecule has 2 aliphatic rings. The van der Waals surface area contributed by atoms with Gasteiger partial charge in [-0.3, -0.25) is 0 Å². The van der Waals surface area contributed by atoms with Crippen molar-refractivity contribution in [2.45, 2.75) is 45.1 Å². The van der Waals surface area contributed by atoms with Crippen LogP contribution in [0.15, 0.2) is 18.2 Å². The highest BCUT2D eigenvalue weighted by molar-refractivity contribution is 5.45. The fourth-order valence-corrected chi connectivity index (χ4v) is 3.21. The fourth-order valence-electron chi connectivity index (χ4n) is 3.21. The summed E-state index contributed by atoms with van der Waals surface area (Å²) in [5.74, 6) is 1.57. The van der Waals surface area contributed by atoms with E-state index in [1.165, 1.54) is 0 Å². The van der Waals surface area contributed by atoms with Crippen LogP contribution in [-0.4, -0.2) is 18.3 Å². The first-order valence-electron chi connectivity index (χ1n) is 7.11. The lowest BCUT2D eigenvalue weighted by Gasteiger charge is -2.26. The zero-order valence-electron chi connectivity index (χ0n) is 11.7. The average Bonchev–Trinajstić information content (AvgIpc) is 2.55. The first-order chi connectivity index (χ1) is 8.99. The molecule has 104 valence electrons. The van der Waals surface area contributed by atoms with Crippen LogP contribution < -0.4 is 9.47 Å². The van der Waals surface area contributed by atoms with Crippen LogP contribution in [0.5, 0.6) is 11.5 Å². The van der Waals surface area contributed by atoms with Crippen LogP contribution in [0.2, 0.25) is 0 Å². The van der Waals surface area contributed by atoms with E-state index in [9.17, 15) is 5.11 Å². The summed E-state index contributed by atoms with van der Waals surface area (Å²) in [4.78, 5) is 0. The maximum Gasteiger partial charge on any atom is 0.161 e. The van der Waals surface area contributed by atoms with Crippen molar-refractivity contribution in [1.82, 2.24) is 0 Å². The van der Waals surface area contributed by atoms with E-state index in [4.69, 9.17) is 9.47 Å². The zero-order valence-corrected chi connectivity index (χ0v) is 11.7. The summed E-state index contributed by atoms with van der Waals surface area (Å²) < 4.78 is 11.3. The summed E-state index contributed by atoms with van der Waals surface area (Å²) in [5.41, 5.74) is 0.454. The smallest absolute Gasteiger partial charge is 0.161 e. The Balaban J connectivity index is 1.92. The predicted molar refractivity (Wildman–Crippen MR) is 73.6 cm³/mol. The van der Waals surface area contributed by atoms with Crippen molar-refractivity contribution in [3.63, 3.8) is 0 Å². The third kappa shape index (κ3) is 2.44. The van der Waals surface area contributed by atoms with E-state index >= 15 is 0 Å². The second-order valence-corrected chi connectivity index (χ2v) is 6.58. The molecule has 0 aromatic heterocycles. The number of benzene rings is 1. The minimum Gasteiger partial charge on any atom is -0.490 e. The second kappa shape index (κ2) is 4.41. The number of hydrogen-bond acceptors (Lipinski definition) is 3. The van der Waals surface area contributed by atoms with Crippen molar-refractivity contribution in [2.24, 2.45) is 5.41 Å². The van der Waals surface area contributed by atoms with Gasteiger partial charge in [0.2, 0.25) is 0 Å². The number of hydrogen-bond donors (Lipinski definition) is 1. The van der Waals surface area contributed by atoms with Gasteiger partial charge in [-0.2, -0.15) is 0 Å². The Labute approximate surface area is 114 Å². The van der Waals surface area contributed by atoms with Gasteiger partial charge in [-0.15, -0.1) is 0 Å². The number of ether oxygens (including phenoxy) is 2. The normalized spacial score (nSPS) is 29.0. The number of aliphatic hydroxyl groups is 1. The van der Waals surface area contributed by atoms with Crippen molar-refractivity contribution in [3.8, 4) is 11.5 Å². The van der Waals surface area contributed by atoms with Crippen molar-refractivity contribution in [2.75, 3.05) is 13.2 Å². The van der Waals surface area contributed by atoms with E-state index in [0.717, 1.165) is 42.7 Å². The molecule has 1 N–H and O–H groups in total. The summed E-state index contributed by atoms with van der Waals surface area (Å²) in [5, 5.41) is 10.9. The third-order valence-corrected chi connectivity index (χ3v) is 4.27. The van der Waals surface area contributed by atoms with Gasteiger partial charge < -0.3 is 14.6 Å².